The van der Waals surface area contributed by atoms with Crippen molar-refractivity contribution >= 4 is 44.6 Å². The van der Waals surface area contributed by atoms with E-state index in [0.29, 0.717) is 0 Å². The van der Waals surface area contributed by atoms with E-state index < -0.39 is 5.97 Å². The molecule has 1 amide bonds. The van der Waals surface area contributed by atoms with E-state index in [1.807, 2.05) is 26.0 Å². The third-order valence-corrected chi connectivity index (χ3v) is 5.37. The molecule has 1 aromatic heterocycles. The molecule has 5 heteroatoms. The average molecular weight is 351 g/mol. The summed E-state index contributed by atoms with van der Waals surface area (Å²) in [6, 6.07) is 14.5. The van der Waals surface area contributed by atoms with Crippen LogP contribution in [0.4, 0.5) is 5.69 Å². The molecule has 3 rings (SSSR count). The molecule has 2 aromatic carbocycles. The number of carbonyl (C=O) groups is 2. The number of thiophene rings is 1. The summed E-state index contributed by atoms with van der Waals surface area (Å²) in [7, 11) is 0. The zero-order valence-electron chi connectivity index (χ0n) is 13.9. The number of anilines is 1. The Morgan fingerprint density at radius 3 is 2.48 bits per heavy atom. The lowest BCUT2D eigenvalue weighted by atomic mass is 10.1. The van der Waals surface area contributed by atoms with Gasteiger partial charge in [-0.1, -0.05) is 30.3 Å². The lowest BCUT2D eigenvalue weighted by molar-refractivity contribution is -0.111. The molecule has 2 N–H and O–H groups in total. The summed E-state index contributed by atoms with van der Waals surface area (Å²) in [6.45, 7) is 3.93. The fourth-order valence-electron chi connectivity index (χ4n) is 2.76. The standard InChI is InChI=1S/C20H17NO3S/c1-12(19-13(2)14-7-4-6-10-17(14)25-19)11-18(22)21-16-9-5-3-8-15(16)20(23)24/h3-11H,1-2H3,(H,21,22)(H,23,24). The zero-order valence-corrected chi connectivity index (χ0v) is 14.7. The molecular weight excluding hydrogens is 334 g/mol. The van der Waals surface area contributed by atoms with Crippen LogP contribution in [0.1, 0.15) is 27.7 Å². The van der Waals surface area contributed by atoms with Gasteiger partial charge in [0.15, 0.2) is 0 Å². The Hall–Kier alpha value is -2.92. The summed E-state index contributed by atoms with van der Waals surface area (Å²) < 4.78 is 1.18. The van der Waals surface area contributed by atoms with Gasteiger partial charge in [-0.3, -0.25) is 4.79 Å². The number of benzene rings is 2. The van der Waals surface area contributed by atoms with Crippen molar-refractivity contribution in [2.45, 2.75) is 13.8 Å². The number of para-hydroxylation sites is 1. The lowest BCUT2D eigenvalue weighted by Gasteiger charge is -2.07. The number of allylic oxidation sites excluding steroid dienone is 1. The van der Waals surface area contributed by atoms with Gasteiger partial charge in [0.2, 0.25) is 5.91 Å². The smallest absolute Gasteiger partial charge is 0.337 e. The van der Waals surface area contributed by atoms with Crippen molar-refractivity contribution in [2.24, 2.45) is 0 Å². The maximum absolute atomic E-state index is 12.3. The molecule has 25 heavy (non-hydrogen) atoms. The minimum Gasteiger partial charge on any atom is -0.478 e. The van der Waals surface area contributed by atoms with Crippen LogP contribution < -0.4 is 5.32 Å². The van der Waals surface area contributed by atoms with Crippen LogP contribution in [-0.4, -0.2) is 17.0 Å². The van der Waals surface area contributed by atoms with E-state index in [1.54, 1.807) is 29.5 Å². The van der Waals surface area contributed by atoms with Crippen LogP contribution in [0, 0.1) is 6.92 Å². The summed E-state index contributed by atoms with van der Waals surface area (Å²) in [5, 5.41) is 13.0. The van der Waals surface area contributed by atoms with Gasteiger partial charge < -0.3 is 10.4 Å². The molecule has 0 unspecified atom stereocenters. The van der Waals surface area contributed by atoms with E-state index >= 15 is 0 Å². The number of hydrogen-bond acceptors (Lipinski definition) is 3. The van der Waals surface area contributed by atoms with Gasteiger partial charge in [-0.25, -0.2) is 4.79 Å². The van der Waals surface area contributed by atoms with Crippen LogP contribution in [-0.2, 0) is 4.79 Å². The zero-order chi connectivity index (χ0) is 18.0. The van der Waals surface area contributed by atoms with E-state index in [2.05, 4.69) is 17.4 Å². The molecule has 0 atom stereocenters. The Balaban J connectivity index is 1.88. The number of fused-ring (bicyclic) bond motifs is 1. The summed E-state index contributed by atoms with van der Waals surface area (Å²) in [4.78, 5) is 24.6. The first kappa shape index (κ1) is 16.9. The second-order valence-corrected chi connectivity index (χ2v) is 6.77. The number of aromatic carboxylic acids is 1. The predicted molar refractivity (Wildman–Crippen MR) is 102 cm³/mol. The molecule has 0 bridgehead atoms. The summed E-state index contributed by atoms with van der Waals surface area (Å²) in [5.41, 5.74) is 2.36. The maximum Gasteiger partial charge on any atom is 0.337 e. The third-order valence-electron chi connectivity index (χ3n) is 3.96. The summed E-state index contributed by atoms with van der Waals surface area (Å²) in [6.07, 6.45) is 1.51. The van der Waals surface area contributed by atoms with Gasteiger partial charge in [-0.2, -0.15) is 0 Å². The van der Waals surface area contributed by atoms with Crippen LogP contribution in [0.15, 0.2) is 54.6 Å². The number of amides is 1. The van der Waals surface area contributed by atoms with E-state index in [0.717, 1.165) is 16.0 Å². The predicted octanol–water partition coefficient (Wildman–Crippen LogP) is 4.95. The normalized spacial score (nSPS) is 11.5. The Morgan fingerprint density at radius 2 is 1.76 bits per heavy atom. The lowest BCUT2D eigenvalue weighted by Crippen LogP contribution is -2.12. The van der Waals surface area contributed by atoms with Gasteiger partial charge in [0.25, 0.3) is 0 Å². The van der Waals surface area contributed by atoms with E-state index in [-0.39, 0.29) is 17.2 Å². The molecule has 3 aromatic rings. The van der Waals surface area contributed by atoms with Crippen molar-refractivity contribution in [1.82, 2.24) is 0 Å². The second kappa shape index (κ2) is 6.91. The van der Waals surface area contributed by atoms with Gasteiger partial charge >= 0.3 is 5.97 Å². The molecule has 0 aliphatic rings. The van der Waals surface area contributed by atoms with Gasteiger partial charge in [0, 0.05) is 15.7 Å². The molecule has 0 saturated heterocycles. The van der Waals surface area contributed by atoms with Crippen molar-refractivity contribution in [3.8, 4) is 0 Å². The number of aryl methyl sites for hydroxylation is 1. The quantitative estimate of drug-likeness (QED) is 0.654. The number of hydrogen-bond donors (Lipinski definition) is 2. The molecule has 0 radical (unpaired) electrons. The number of carboxylic acids is 1. The highest BCUT2D eigenvalue weighted by Crippen LogP contribution is 2.34. The largest absolute Gasteiger partial charge is 0.478 e. The molecule has 0 fully saturated rings. The van der Waals surface area contributed by atoms with Crippen LogP contribution in [0.25, 0.3) is 15.7 Å². The van der Waals surface area contributed by atoms with E-state index in [4.69, 9.17) is 0 Å². The number of carbonyl (C=O) groups excluding carboxylic acids is 1. The Labute approximate surface area is 149 Å². The Bertz CT molecular complexity index is 1000. The minimum absolute atomic E-state index is 0.0694. The fraction of sp³-hybridized carbons (Fsp3) is 0.100. The monoisotopic (exact) mass is 351 g/mol. The van der Waals surface area contributed by atoms with E-state index in [9.17, 15) is 14.7 Å². The molecule has 0 aliphatic heterocycles. The first-order chi connectivity index (χ1) is 12.0. The van der Waals surface area contributed by atoms with Crippen molar-refractivity contribution in [3.05, 3.63) is 70.6 Å². The molecular formula is C20H17NO3S. The van der Waals surface area contributed by atoms with Gasteiger partial charge in [0.1, 0.15) is 0 Å². The van der Waals surface area contributed by atoms with Crippen LogP contribution >= 0.6 is 11.3 Å². The molecule has 1 heterocycles. The second-order valence-electron chi connectivity index (χ2n) is 5.72. The van der Waals surface area contributed by atoms with Gasteiger partial charge in [-0.05, 0) is 48.6 Å². The topological polar surface area (TPSA) is 66.4 Å². The van der Waals surface area contributed by atoms with Crippen molar-refractivity contribution in [3.63, 3.8) is 0 Å². The fourth-order valence-corrected chi connectivity index (χ4v) is 3.94. The highest BCUT2D eigenvalue weighted by molar-refractivity contribution is 7.20. The average Bonchev–Trinajstić information content (AvgIpc) is 2.92. The SMILES string of the molecule is CC(=CC(=O)Nc1ccccc1C(=O)O)c1sc2ccccc2c1C. The summed E-state index contributed by atoms with van der Waals surface area (Å²) >= 11 is 1.65. The third kappa shape index (κ3) is 3.46. The number of carboxylic acid groups (broad SMARTS) is 1. The van der Waals surface area contributed by atoms with Gasteiger partial charge in [-0.15, -0.1) is 11.3 Å². The molecule has 4 nitrogen and oxygen atoms in total. The molecule has 126 valence electrons. The molecule has 0 saturated carbocycles. The van der Waals surface area contributed by atoms with E-state index in [1.165, 1.54) is 22.2 Å². The summed E-state index contributed by atoms with van der Waals surface area (Å²) in [5.74, 6) is -1.42. The number of rotatable bonds is 4. The molecule has 0 spiro atoms. The number of nitrogens with one attached hydrogen (secondary N) is 1. The van der Waals surface area contributed by atoms with Crippen LogP contribution in [0.5, 0.6) is 0 Å². The first-order valence-corrected chi connectivity index (χ1v) is 8.59. The van der Waals surface area contributed by atoms with Gasteiger partial charge in [0.05, 0.1) is 11.3 Å². The Kier molecular flexibility index (Phi) is 4.67. The minimum atomic E-state index is -1.07. The van der Waals surface area contributed by atoms with Crippen molar-refractivity contribution in [2.75, 3.05) is 5.32 Å². The maximum atomic E-state index is 12.3. The van der Waals surface area contributed by atoms with Crippen molar-refractivity contribution < 1.29 is 14.7 Å². The Morgan fingerprint density at radius 1 is 1.08 bits per heavy atom. The first-order valence-electron chi connectivity index (χ1n) is 7.77. The van der Waals surface area contributed by atoms with Crippen molar-refractivity contribution in [1.29, 1.82) is 0 Å². The highest BCUT2D eigenvalue weighted by Gasteiger charge is 2.13. The van der Waals surface area contributed by atoms with Crippen LogP contribution in [0.3, 0.4) is 0 Å². The molecule has 0 aliphatic carbocycles. The van der Waals surface area contributed by atoms with Crippen LogP contribution in [0.2, 0.25) is 0 Å². The highest BCUT2D eigenvalue weighted by atomic mass is 32.1.